The quantitative estimate of drug-likeness (QED) is 0.816. The molecule has 1 amide bonds. The molecule has 1 aliphatic heterocycles. The SMILES string of the molecule is CC1C(=O)OC(c2ccccc2)N1C(=O)OCc1ccccc1. The number of benzene rings is 2. The maximum atomic E-state index is 12.4. The maximum absolute atomic E-state index is 12.4. The van der Waals surface area contributed by atoms with Gasteiger partial charge in [0.2, 0.25) is 6.23 Å². The van der Waals surface area contributed by atoms with Crippen LogP contribution in [0.25, 0.3) is 0 Å². The molecule has 0 saturated carbocycles. The zero-order chi connectivity index (χ0) is 16.2. The zero-order valence-electron chi connectivity index (χ0n) is 12.7. The lowest BCUT2D eigenvalue weighted by Crippen LogP contribution is -2.38. The highest BCUT2D eigenvalue weighted by molar-refractivity contribution is 5.84. The van der Waals surface area contributed by atoms with Gasteiger partial charge in [0.25, 0.3) is 0 Å². The van der Waals surface area contributed by atoms with E-state index < -0.39 is 24.3 Å². The lowest BCUT2D eigenvalue weighted by molar-refractivity contribution is -0.142. The number of rotatable bonds is 3. The summed E-state index contributed by atoms with van der Waals surface area (Å²) in [6.07, 6.45) is -1.32. The summed E-state index contributed by atoms with van der Waals surface area (Å²) in [5, 5.41) is 0. The van der Waals surface area contributed by atoms with E-state index in [9.17, 15) is 9.59 Å². The molecule has 1 saturated heterocycles. The molecule has 2 atom stereocenters. The predicted molar refractivity (Wildman–Crippen MR) is 83.2 cm³/mol. The van der Waals surface area contributed by atoms with Crippen LogP contribution in [0.2, 0.25) is 0 Å². The van der Waals surface area contributed by atoms with E-state index in [0.717, 1.165) is 11.1 Å². The summed E-state index contributed by atoms with van der Waals surface area (Å²) in [5.41, 5.74) is 1.62. The largest absolute Gasteiger partial charge is 0.444 e. The summed E-state index contributed by atoms with van der Waals surface area (Å²) in [6, 6.07) is 17.9. The molecule has 2 unspecified atom stereocenters. The van der Waals surface area contributed by atoms with E-state index >= 15 is 0 Å². The predicted octanol–water partition coefficient (Wildman–Crippen LogP) is 3.27. The van der Waals surface area contributed by atoms with Gasteiger partial charge in [-0.3, -0.25) is 4.90 Å². The second-order valence-electron chi connectivity index (χ2n) is 5.32. The van der Waals surface area contributed by atoms with Crippen LogP contribution in [0, 0.1) is 0 Å². The van der Waals surface area contributed by atoms with E-state index in [2.05, 4.69) is 0 Å². The lowest BCUT2D eigenvalue weighted by Gasteiger charge is -2.24. The van der Waals surface area contributed by atoms with Gasteiger partial charge in [-0.25, -0.2) is 9.59 Å². The average molecular weight is 311 g/mol. The normalized spacial score (nSPS) is 20.2. The number of hydrogen-bond donors (Lipinski definition) is 0. The van der Waals surface area contributed by atoms with Gasteiger partial charge < -0.3 is 9.47 Å². The van der Waals surface area contributed by atoms with Crippen molar-refractivity contribution in [2.24, 2.45) is 0 Å². The van der Waals surface area contributed by atoms with Crippen molar-refractivity contribution in [3.8, 4) is 0 Å². The topological polar surface area (TPSA) is 55.8 Å². The van der Waals surface area contributed by atoms with Crippen LogP contribution in [0.15, 0.2) is 60.7 Å². The van der Waals surface area contributed by atoms with Gasteiger partial charge in [0.05, 0.1) is 0 Å². The van der Waals surface area contributed by atoms with Gasteiger partial charge in [0, 0.05) is 5.56 Å². The third-order valence-corrected chi connectivity index (χ3v) is 3.74. The smallest absolute Gasteiger partial charge is 0.414 e. The van der Waals surface area contributed by atoms with Crippen molar-refractivity contribution in [3.05, 3.63) is 71.8 Å². The van der Waals surface area contributed by atoms with E-state index in [0.29, 0.717) is 0 Å². The fourth-order valence-corrected chi connectivity index (χ4v) is 2.48. The van der Waals surface area contributed by atoms with Gasteiger partial charge in [-0.05, 0) is 12.5 Å². The summed E-state index contributed by atoms with van der Waals surface area (Å²) >= 11 is 0. The number of amides is 1. The van der Waals surface area contributed by atoms with Gasteiger partial charge >= 0.3 is 12.1 Å². The van der Waals surface area contributed by atoms with Crippen LogP contribution in [-0.4, -0.2) is 23.0 Å². The minimum Gasteiger partial charge on any atom is -0.444 e. The third-order valence-electron chi connectivity index (χ3n) is 3.74. The molecule has 2 aromatic carbocycles. The number of cyclic esters (lactones) is 1. The molecule has 5 nitrogen and oxygen atoms in total. The Morgan fingerprint density at radius 1 is 1.09 bits per heavy atom. The molecule has 0 spiro atoms. The van der Waals surface area contributed by atoms with Crippen LogP contribution >= 0.6 is 0 Å². The monoisotopic (exact) mass is 311 g/mol. The van der Waals surface area contributed by atoms with E-state index in [-0.39, 0.29) is 6.61 Å². The number of carbonyl (C=O) groups is 2. The molecule has 0 bridgehead atoms. The third kappa shape index (κ3) is 3.18. The summed E-state index contributed by atoms with van der Waals surface area (Å²) in [6.45, 7) is 1.79. The standard InChI is InChI=1S/C18H17NO4/c1-13-17(20)23-16(15-10-6-3-7-11-15)19(13)18(21)22-12-14-8-4-2-5-9-14/h2-11,13,16H,12H2,1H3. The van der Waals surface area contributed by atoms with Crippen molar-refractivity contribution in [1.82, 2.24) is 4.90 Å². The Kier molecular flexibility index (Phi) is 4.28. The van der Waals surface area contributed by atoms with Gasteiger partial charge in [0.1, 0.15) is 12.6 Å². The number of ether oxygens (including phenoxy) is 2. The van der Waals surface area contributed by atoms with Gasteiger partial charge in [-0.1, -0.05) is 60.7 Å². The van der Waals surface area contributed by atoms with E-state index in [1.165, 1.54) is 4.90 Å². The first kappa shape index (κ1) is 15.1. The second kappa shape index (κ2) is 6.52. The molecule has 118 valence electrons. The molecular formula is C18H17NO4. The van der Waals surface area contributed by atoms with Gasteiger partial charge in [-0.15, -0.1) is 0 Å². The van der Waals surface area contributed by atoms with Crippen molar-refractivity contribution in [2.75, 3.05) is 0 Å². The highest BCUT2D eigenvalue weighted by Crippen LogP contribution is 2.32. The molecular weight excluding hydrogens is 294 g/mol. The van der Waals surface area contributed by atoms with E-state index in [1.807, 2.05) is 60.7 Å². The molecule has 0 aliphatic carbocycles. The Morgan fingerprint density at radius 3 is 2.35 bits per heavy atom. The molecule has 3 rings (SSSR count). The lowest BCUT2D eigenvalue weighted by atomic mass is 10.2. The number of carbonyl (C=O) groups excluding carboxylic acids is 2. The van der Waals surface area contributed by atoms with Crippen LogP contribution in [0.3, 0.4) is 0 Å². The van der Waals surface area contributed by atoms with E-state index in [4.69, 9.17) is 9.47 Å². The van der Waals surface area contributed by atoms with Crippen molar-refractivity contribution in [1.29, 1.82) is 0 Å². The zero-order valence-corrected chi connectivity index (χ0v) is 12.7. The first-order valence-corrected chi connectivity index (χ1v) is 7.41. The number of hydrogen-bond acceptors (Lipinski definition) is 4. The Morgan fingerprint density at radius 2 is 1.70 bits per heavy atom. The van der Waals surface area contributed by atoms with Crippen LogP contribution in [0.4, 0.5) is 4.79 Å². The fourth-order valence-electron chi connectivity index (χ4n) is 2.48. The molecule has 0 N–H and O–H groups in total. The fraction of sp³-hybridized carbons (Fsp3) is 0.222. The highest BCUT2D eigenvalue weighted by Gasteiger charge is 2.44. The first-order chi connectivity index (χ1) is 11.2. The second-order valence-corrected chi connectivity index (χ2v) is 5.32. The average Bonchev–Trinajstić information content (AvgIpc) is 2.90. The van der Waals surface area contributed by atoms with Crippen LogP contribution < -0.4 is 0 Å². The molecule has 5 heteroatoms. The molecule has 1 heterocycles. The molecule has 23 heavy (non-hydrogen) atoms. The number of nitrogens with zero attached hydrogens (tertiary/aromatic N) is 1. The van der Waals surface area contributed by atoms with Crippen LogP contribution in [-0.2, 0) is 20.9 Å². The van der Waals surface area contributed by atoms with Crippen molar-refractivity contribution >= 4 is 12.1 Å². The minimum absolute atomic E-state index is 0.151. The van der Waals surface area contributed by atoms with Crippen LogP contribution in [0.1, 0.15) is 24.3 Å². The summed E-state index contributed by atoms with van der Waals surface area (Å²) in [4.78, 5) is 25.6. The van der Waals surface area contributed by atoms with Crippen molar-refractivity contribution < 1.29 is 19.1 Å². The van der Waals surface area contributed by atoms with Crippen LogP contribution in [0.5, 0.6) is 0 Å². The van der Waals surface area contributed by atoms with E-state index in [1.54, 1.807) is 6.92 Å². The summed E-state index contributed by atoms with van der Waals surface area (Å²) < 4.78 is 10.7. The number of esters is 1. The van der Waals surface area contributed by atoms with Crippen molar-refractivity contribution in [2.45, 2.75) is 25.8 Å². The van der Waals surface area contributed by atoms with Gasteiger partial charge in [-0.2, -0.15) is 0 Å². The summed E-state index contributed by atoms with van der Waals surface area (Å²) in [5.74, 6) is -0.435. The molecule has 2 aromatic rings. The Balaban J connectivity index is 1.75. The van der Waals surface area contributed by atoms with Crippen molar-refractivity contribution in [3.63, 3.8) is 0 Å². The maximum Gasteiger partial charge on any atom is 0.414 e. The van der Waals surface area contributed by atoms with Gasteiger partial charge in [0.15, 0.2) is 0 Å². The highest BCUT2D eigenvalue weighted by atomic mass is 16.6. The molecule has 0 aromatic heterocycles. The molecule has 1 fully saturated rings. The molecule has 1 aliphatic rings. The Hall–Kier alpha value is -2.82. The Labute approximate surface area is 134 Å². The first-order valence-electron chi connectivity index (χ1n) is 7.41. The summed E-state index contributed by atoms with van der Waals surface area (Å²) in [7, 11) is 0. The molecule has 0 radical (unpaired) electrons. The minimum atomic E-state index is -0.748. The Bertz CT molecular complexity index is 687.